The zero-order chi connectivity index (χ0) is 24.1. The molecule has 0 radical (unpaired) electrons. The zero-order valence-electron chi connectivity index (χ0n) is 20.3. The number of hydrogen-bond donors (Lipinski definition) is 0. The molecule has 4 atom stereocenters. The molecule has 2 aliphatic carbocycles. The van der Waals surface area contributed by atoms with E-state index in [-0.39, 0.29) is 17.0 Å². The molecule has 2 fully saturated rings. The van der Waals surface area contributed by atoms with Crippen molar-refractivity contribution in [3.8, 4) is 11.1 Å². The molecule has 3 heteroatoms. The lowest BCUT2D eigenvalue weighted by Crippen LogP contribution is -2.30. The second-order valence-electron chi connectivity index (χ2n) is 10.3. The molecule has 34 heavy (non-hydrogen) atoms. The number of benzene rings is 2. The Hall–Kier alpha value is -2.29. The van der Waals surface area contributed by atoms with Gasteiger partial charge in [-0.25, -0.2) is 13.2 Å². The van der Waals surface area contributed by atoms with Crippen molar-refractivity contribution in [2.24, 2.45) is 17.8 Å². The Morgan fingerprint density at radius 1 is 0.882 bits per heavy atom. The first kappa shape index (κ1) is 24.8. The van der Waals surface area contributed by atoms with Crippen molar-refractivity contribution < 1.29 is 13.2 Å². The average Bonchev–Trinajstić information content (AvgIpc) is 2.85. The van der Waals surface area contributed by atoms with Crippen LogP contribution in [0, 0.1) is 35.2 Å². The van der Waals surface area contributed by atoms with Crippen LogP contribution in [0.1, 0.15) is 81.8 Å². The molecule has 2 saturated carbocycles. The summed E-state index contributed by atoms with van der Waals surface area (Å²) in [7, 11) is 0. The van der Waals surface area contributed by atoms with Gasteiger partial charge in [0, 0.05) is 11.1 Å². The van der Waals surface area contributed by atoms with Gasteiger partial charge in [-0.15, -0.1) is 6.58 Å². The topological polar surface area (TPSA) is 0 Å². The van der Waals surface area contributed by atoms with Crippen LogP contribution in [0.4, 0.5) is 13.2 Å². The maximum atomic E-state index is 15.3. The first-order chi connectivity index (χ1) is 16.5. The van der Waals surface area contributed by atoms with Gasteiger partial charge in [0.05, 0.1) is 0 Å². The van der Waals surface area contributed by atoms with E-state index in [4.69, 9.17) is 0 Å². The van der Waals surface area contributed by atoms with Crippen LogP contribution in [0.3, 0.4) is 0 Å². The quantitative estimate of drug-likeness (QED) is 0.340. The lowest BCUT2D eigenvalue weighted by molar-refractivity contribution is 0.114. The van der Waals surface area contributed by atoms with E-state index in [0.29, 0.717) is 17.4 Å². The number of aryl methyl sites for hydroxylation is 1. The molecule has 4 rings (SSSR count). The number of rotatable bonds is 8. The number of hydrogen-bond acceptors (Lipinski definition) is 0. The molecule has 2 aromatic carbocycles. The monoisotopic (exact) mass is 466 g/mol. The van der Waals surface area contributed by atoms with Crippen molar-refractivity contribution in [3.63, 3.8) is 0 Å². The third-order valence-electron chi connectivity index (χ3n) is 8.21. The summed E-state index contributed by atoms with van der Waals surface area (Å²) in [5.74, 6) is -0.0638. The van der Waals surface area contributed by atoms with Gasteiger partial charge in [-0.05, 0) is 106 Å². The summed E-state index contributed by atoms with van der Waals surface area (Å²) in [6, 6.07) is 8.10. The fourth-order valence-corrected chi connectivity index (χ4v) is 6.32. The van der Waals surface area contributed by atoms with Crippen molar-refractivity contribution in [2.75, 3.05) is 0 Å². The number of allylic oxidation sites excluding steroid dienone is 3. The van der Waals surface area contributed by atoms with Gasteiger partial charge in [-0.2, -0.15) is 0 Å². The van der Waals surface area contributed by atoms with E-state index in [2.05, 4.69) is 6.58 Å². The van der Waals surface area contributed by atoms with Crippen molar-refractivity contribution >= 4 is 0 Å². The van der Waals surface area contributed by atoms with E-state index >= 15 is 8.78 Å². The minimum Gasteiger partial charge on any atom is -0.206 e. The SMILES string of the molecule is C=CCCC1CCC2CC(c3ccc(-c4ccc(CC/C=C/C)cc4F)c(F)c3F)CCC2C1. The molecule has 0 heterocycles. The molecule has 0 N–H and O–H groups in total. The van der Waals surface area contributed by atoms with Gasteiger partial charge < -0.3 is 0 Å². The third kappa shape index (κ3) is 5.50. The summed E-state index contributed by atoms with van der Waals surface area (Å²) in [5.41, 5.74) is 1.46. The molecule has 0 saturated heterocycles. The Morgan fingerprint density at radius 3 is 2.41 bits per heavy atom. The van der Waals surface area contributed by atoms with Crippen molar-refractivity contribution in [2.45, 2.75) is 77.0 Å². The first-order valence-electron chi connectivity index (χ1n) is 13.0. The van der Waals surface area contributed by atoms with E-state index in [1.807, 2.05) is 25.2 Å². The minimum atomic E-state index is -0.923. The molecule has 0 bridgehead atoms. The minimum absolute atomic E-state index is 0.00941. The van der Waals surface area contributed by atoms with Gasteiger partial charge in [-0.1, -0.05) is 48.9 Å². The van der Waals surface area contributed by atoms with Gasteiger partial charge in [0.25, 0.3) is 0 Å². The summed E-state index contributed by atoms with van der Waals surface area (Å²) < 4.78 is 45.2. The molecular formula is C31H37F3. The fourth-order valence-electron chi connectivity index (χ4n) is 6.32. The van der Waals surface area contributed by atoms with Crippen LogP contribution in [0.15, 0.2) is 55.1 Å². The van der Waals surface area contributed by atoms with Gasteiger partial charge in [-0.3, -0.25) is 0 Å². The molecule has 2 aromatic rings. The van der Waals surface area contributed by atoms with E-state index in [1.165, 1.54) is 31.7 Å². The Morgan fingerprint density at radius 2 is 1.65 bits per heavy atom. The van der Waals surface area contributed by atoms with Crippen LogP contribution in [0.5, 0.6) is 0 Å². The fraction of sp³-hybridized carbons (Fsp3) is 0.484. The van der Waals surface area contributed by atoms with E-state index in [9.17, 15) is 4.39 Å². The van der Waals surface area contributed by atoms with Gasteiger partial charge >= 0.3 is 0 Å². The van der Waals surface area contributed by atoms with Crippen LogP contribution >= 0.6 is 0 Å². The highest BCUT2D eigenvalue weighted by molar-refractivity contribution is 5.66. The highest BCUT2D eigenvalue weighted by Crippen LogP contribution is 2.49. The van der Waals surface area contributed by atoms with Gasteiger partial charge in [0.15, 0.2) is 11.6 Å². The summed E-state index contributed by atoms with van der Waals surface area (Å²) in [6.45, 7) is 5.79. The third-order valence-corrected chi connectivity index (χ3v) is 8.21. The summed E-state index contributed by atoms with van der Waals surface area (Å²) in [5, 5.41) is 0. The normalized spacial score (nSPS) is 24.8. The predicted molar refractivity (Wildman–Crippen MR) is 135 cm³/mol. The van der Waals surface area contributed by atoms with Gasteiger partial charge in [0.2, 0.25) is 0 Å². The van der Waals surface area contributed by atoms with Crippen molar-refractivity contribution in [1.29, 1.82) is 0 Å². The molecule has 0 nitrogen and oxygen atoms in total. The van der Waals surface area contributed by atoms with E-state index in [1.54, 1.807) is 24.3 Å². The number of halogens is 3. The Balaban J connectivity index is 1.47. The Bertz CT molecular complexity index is 1020. The van der Waals surface area contributed by atoms with Crippen LogP contribution in [0.2, 0.25) is 0 Å². The zero-order valence-corrected chi connectivity index (χ0v) is 20.3. The molecule has 0 amide bonds. The lowest BCUT2D eigenvalue weighted by atomic mass is 9.63. The second kappa shape index (κ2) is 11.4. The highest BCUT2D eigenvalue weighted by Gasteiger charge is 2.37. The Kier molecular flexibility index (Phi) is 8.34. The first-order valence-corrected chi connectivity index (χ1v) is 13.0. The van der Waals surface area contributed by atoms with Crippen LogP contribution < -0.4 is 0 Å². The Labute approximate surface area is 203 Å². The molecular weight excluding hydrogens is 429 g/mol. The maximum Gasteiger partial charge on any atom is 0.167 e. The van der Waals surface area contributed by atoms with E-state index in [0.717, 1.165) is 50.0 Å². The maximum absolute atomic E-state index is 15.3. The standard InChI is InChI=1S/C31H37F3/c1-3-5-7-9-22-11-15-27(29(32)19-22)28-17-16-26(30(33)31(28)34)25-14-13-23-18-21(8-6-4-2)10-12-24(23)20-25/h3-5,11,15-17,19,21,23-25H,2,6-10,12-14,18,20H2,1H3/b5-3+. The molecule has 0 spiro atoms. The summed E-state index contributed by atoms with van der Waals surface area (Å²) in [4.78, 5) is 0. The number of fused-ring (bicyclic) bond motifs is 1. The van der Waals surface area contributed by atoms with Crippen LogP contribution in [0.25, 0.3) is 11.1 Å². The summed E-state index contributed by atoms with van der Waals surface area (Å²) in [6.07, 6.45) is 16.5. The van der Waals surface area contributed by atoms with E-state index < -0.39 is 17.5 Å². The average molecular weight is 467 g/mol. The highest BCUT2D eigenvalue weighted by atomic mass is 19.2. The summed E-state index contributed by atoms with van der Waals surface area (Å²) >= 11 is 0. The lowest BCUT2D eigenvalue weighted by Gasteiger charge is -2.42. The molecule has 4 unspecified atom stereocenters. The molecule has 0 aromatic heterocycles. The largest absolute Gasteiger partial charge is 0.206 e. The van der Waals surface area contributed by atoms with Crippen molar-refractivity contribution in [1.82, 2.24) is 0 Å². The second-order valence-corrected chi connectivity index (χ2v) is 10.3. The van der Waals surface area contributed by atoms with Gasteiger partial charge in [0.1, 0.15) is 5.82 Å². The van der Waals surface area contributed by atoms with Crippen molar-refractivity contribution in [3.05, 3.63) is 83.7 Å². The molecule has 182 valence electrons. The smallest absolute Gasteiger partial charge is 0.167 e. The molecule has 2 aliphatic rings. The van der Waals surface area contributed by atoms with Crippen LogP contribution in [-0.2, 0) is 6.42 Å². The predicted octanol–water partition coefficient (Wildman–Crippen LogP) is 9.55. The molecule has 0 aliphatic heterocycles. The van der Waals surface area contributed by atoms with Crippen LogP contribution in [-0.4, -0.2) is 0 Å².